The number of carbonyl (C=O) groups is 1. The van der Waals surface area contributed by atoms with Crippen LogP contribution in [0.15, 0.2) is 72.9 Å². The maximum Gasteiger partial charge on any atom is 0.256 e. The van der Waals surface area contributed by atoms with Gasteiger partial charge in [-0.1, -0.05) is 11.6 Å². The summed E-state index contributed by atoms with van der Waals surface area (Å²) >= 11 is 6.18. The second-order valence-electron chi connectivity index (χ2n) is 7.81. The monoisotopic (exact) mass is 487 g/mol. The molecule has 0 aliphatic heterocycles. The van der Waals surface area contributed by atoms with E-state index in [0.717, 1.165) is 5.56 Å². The summed E-state index contributed by atoms with van der Waals surface area (Å²) in [6.07, 6.45) is 1.59. The number of nitrogens with one attached hydrogen (secondary N) is 1. The van der Waals surface area contributed by atoms with E-state index in [4.69, 9.17) is 21.3 Å². The molecule has 0 aliphatic carbocycles. The standard InChI is InChI=1S/C26H19ClFN5O2/c1-15-13-17(5-8-20(15)28)24-25(33-23(31-24)10-9-21(27)32-33)18-11-12-29-22(14-18)30-26(34)16-3-6-19(35-2)7-4-16/h3-14H,1-2H3,(H,29,30,34). The molecule has 0 saturated carbocycles. The van der Waals surface area contributed by atoms with E-state index in [1.165, 1.54) is 6.07 Å². The molecule has 0 aliphatic rings. The average Bonchev–Trinajstić information content (AvgIpc) is 3.24. The highest BCUT2D eigenvalue weighted by Gasteiger charge is 2.19. The van der Waals surface area contributed by atoms with Crippen LogP contribution in [0.3, 0.4) is 0 Å². The van der Waals surface area contributed by atoms with E-state index < -0.39 is 0 Å². The molecule has 0 bridgehead atoms. The van der Waals surface area contributed by atoms with Crippen molar-refractivity contribution in [3.05, 3.63) is 95.0 Å². The Morgan fingerprint density at radius 3 is 2.57 bits per heavy atom. The number of methoxy groups -OCH3 is 1. The Kier molecular flexibility index (Phi) is 5.88. The number of aromatic nitrogens is 4. The van der Waals surface area contributed by atoms with E-state index >= 15 is 0 Å². The van der Waals surface area contributed by atoms with Gasteiger partial charge in [-0.2, -0.15) is 5.10 Å². The summed E-state index contributed by atoms with van der Waals surface area (Å²) in [5.74, 6) is 0.393. The Hall–Kier alpha value is -4.30. The molecule has 0 radical (unpaired) electrons. The van der Waals surface area contributed by atoms with Gasteiger partial charge in [-0.3, -0.25) is 4.79 Å². The van der Waals surface area contributed by atoms with Gasteiger partial charge in [0.05, 0.1) is 12.8 Å². The van der Waals surface area contributed by atoms with Crippen LogP contribution in [0.4, 0.5) is 10.2 Å². The maximum absolute atomic E-state index is 13.9. The number of hydrogen-bond acceptors (Lipinski definition) is 5. The largest absolute Gasteiger partial charge is 0.497 e. The third-order valence-electron chi connectivity index (χ3n) is 5.50. The number of fused-ring (bicyclic) bond motifs is 1. The minimum absolute atomic E-state index is 0.292. The molecule has 7 nitrogen and oxygen atoms in total. The number of halogens is 2. The molecule has 3 aromatic heterocycles. The molecule has 0 spiro atoms. The van der Waals surface area contributed by atoms with Crippen molar-refractivity contribution in [1.82, 2.24) is 19.6 Å². The lowest BCUT2D eigenvalue weighted by Crippen LogP contribution is -2.12. The number of amides is 1. The Morgan fingerprint density at radius 1 is 1.03 bits per heavy atom. The molecule has 5 rings (SSSR count). The van der Waals surface area contributed by atoms with Gasteiger partial charge in [-0.05, 0) is 79.2 Å². The molecular formula is C26H19ClFN5O2. The summed E-state index contributed by atoms with van der Waals surface area (Å²) < 4.78 is 20.7. The molecule has 3 heterocycles. The minimum Gasteiger partial charge on any atom is -0.497 e. The molecule has 0 saturated heterocycles. The molecule has 0 fully saturated rings. The summed E-state index contributed by atoms with van der Waals surface area (Å²) in [4.78, 5) is 21.8. The normalized spacial score (nSPS) is 11.0. The molecule has 2 aromatic carbocycles. The lowest BCUT2D eigenvalue weighted by atomic mass is 10.0. The Morgan fingerprint density at radius 2 is 1.83 bits per heavy atom. The molecule has 1 N–H and O–H groups in total. The van der Waals surface area contributed by atoms with Crippen molar-refractivity contribution in [2.75, 3.05) is 12.4 Å². The van der Waals surface area contributed by atoms with E-state index in [2.05, 4.69) is 15.4 Å². The van der Waals surface area contributed by atoms with Gasteiger partial charge in [0.15, 0.2) is 5.65 Å². The van der Waals surface area contributed by atoms with Gasteiger partial charge < -0.3 is 10.1 Å². The molecule has 9 heteroatoms. The predicted octanol–water partition coefficient (Wildman–Crippen LogP) is 5.82. The number of pyridine rings is 1. The molecular weight excluding hydrogens is 469 g/mol. The van der Waals surface area contributed by atoms with E-state index in [-0.39, 0.29) is 11.7 Å². The van der Waals surface area contributed by atoms with Crippen LogP contribution in [0.1, 0.15) is 15.9 Å². The smallest absolute Gasteiger partial charge is 0.256 e. The highest BCUT2D eigenvalue weighted by Crippen LogP contribution is 2.34. The van der Waals surface area contributed by atoms with Crippen LogP contribution in [0, 0.1) is 12.7 Å². The summed E-state index contributed by atoms with van der Waals surface area (Å²) in [5.41, 5.74) is 4.19. The zero-order valence-corrected chi connectivity index (χ0v) is 19.5. The van der Waals surface area contributed by atoms with Crippen molar-refractivity contribution < 1.29 is 13.9 Å². The summed E-state index contributed by atoms with van der Waals surface area (Å²) in [6, 6.07) is 18.5. The van der Waals surface area contributed by atoms with Gasteiger partial charge in [0.2, 0.25) is 0 Å². The van der Waals surface area contributed by atoms with Crippen molar-refractivity contribution >= 4 is 29.0 Å². The fourth-order valence-electron chi connectivity index (χ4n) is 3.74. The number of nitrogens with zero attached hydrogens (tertiary/aromatic N) is 4. The second kappa shape index (κ2) is 9.15. The highest BCUT2D eigenvalue weighted by molar-refractivity contribution is 6.29. The van der Waals surface area contributed by atoms with E-state index in [0.29, 0.717) is 50.4 Å². The van der Waals surface area contributed by atoms with Crippen LogP contribution in [-0.2, 0) is 0 Å². The van der Waals surface area contributed by atoms with Crippen molar-refractivity contribution in [3.63, 3.8) is 0 Å². The Labute approximate surface area is 205 Å². The molecule has 0 atom stereocenters. The summed E-state index contributed by atoms with van der Waals surface area (Å²) in [7, 11) is 1.56. The first-order valence-electron chi connectivity index (χ1n) is 10.7. The quantitative estimate of drug-likeness (QED) is 0.338. The first-order chi connectivity index (χ1) is 16.9. The van der Waals surface area contributed by atoms with Crippen molar-refractivity contribution in [2.24, 2.45) is 0 Å². The highest BCUT2D eigenvalue weighted by atomic mass is 35.5. The number of anilines is 1. The van der Waals surface area contributed by atoms with Crippen LogP contribution >= 0.6 is 11.6 Å². The van der Waals surface area contributed by atoms with Crippen molar-refractivity contribution in [3.8, 4) is 28.3 Å². The predicted molar refractivity (Wildman–Crippen MR) is 132 cm³/mol. The Bertz CT molecular complexity index is 1570. The molecule has 5 aromatic rings. The number of aryl methyl sites for hydroxylation is 1. The van der Waals surface area contributed by atoms with Crippen molar-refractivity contribution in [2.45, 2.75) is 6.92 Å². The SMILES string of the molecule is COc1ccc(C(=O)Nc2cc(-c3c(-c4ccc(F)c(C)c4)nc4ccc(Cl)nn34)ccn2)cc1. The first kappa shape index (κ1) is 22.5. The van der Waals surface area contributed by atoms with Gasteiger partial charge in [-0.25, -0.2) is 18.9 Å². The first-order valence-corrected chi connectivity index (χ1v) is 11.0. The minimum atomic E-state index is -0.314. The number of ether oxygens (including phenoxy) is 1. The summed E-state index contributed by atoms with van der Waals surface area (Å²) in [5, 5.41) is 7.53. The topological polar surface area (TPSA) is 81.4 Å². The van der Waals surface area contributed by atoms with Crippen LogP contribution in [-0.4, -0.2) is 32.6 Å². The Balaban J connectivity index is 1.58. The molecule has 35 heavy (non-hydrogen) atoms. The summed E-state index contributed by atoms with van der Waals surface area (Å²) in [6.45, 7) is 1.70. The zero-order valence-electron chi connectivity index (χ0n) is 18.8. The lowest BCUT2D eigenvalue weighted by molar-refractivity contribution is 0.102. The maximum atomic E-state index is 13.9. The fraction of sp³-hybridized carbons (Fsp3) is 0.0769. The van der Waals surface area contributed by atoms with Gasteiger partial charge in [-0.15, -0.1) is 0 Å². The molecule has 174 valence electrons. The third kappa shape index (κ3) is 4.43. The number of hydrogen-bond donors (Lipinski definition) is 1. The van der Waals surface area contributed by atoms with Crippen molar-refractivity contribution in [1.29, 1.82) is 0 Å². The van der Waals surface area contributed by atoms with Crippen LogP contribution in [0.5, 0.6) is 5.75 Å². The zero-order chi connectivity index (χ0) is 24.5. The van der Waals surface area contributed by atoms with Gasteiger partial charge in [0, 0.05) is 22.9 Å². The van der Waals surface area contributed by atoms with Gasteiger partial charge in [0.1, 0.15) is 28.2 Å². The third-order valence-corrected chi connectivity index (χ3v) is 5.71. The van der Waals surface area contributed by atoms with E-state index in [9.17, 15) is 9.18 Å². The number of imidazole rings is 1. The van der Waals surface area contributed by atoms with Crippen LogP contribution in [0.2, 0.25) is 5.15 Å². The van der Waals surface area contributed by atoms with Gasteiger partial charge >= 0.3 is 0 Å². The fourth-order valence-corrected chi connectivity index (χ4v) is 3.88. The lowest BCUT2D eigenvalue weighted by Gasteiger charge is -2.09. The molecule has 0 unspecified atom stereocenters. The van der Waals surface area contributed by atoms with E-state index in [1.807, 2.05) is 0 Å². The van der Waals surface area contributed by atoms with Crippen LogP contribution in [0.25, 0.3) is 28.2 Å². The number of rotatable bonds is 5. The van der Waals surface area contributed by atoms with Gasteiger partial charge in [0.25, 0.3) is 5.91 Å². The van der Waals surface area contributed by atoms with E-state index in [1.54, 1.807) is 85.4 Å². The second-order valence-corrected chi connectivity index (χ2v) is 8.20. The number of benzene rings is 2. The molecule has 1 amide bonds. The van der Waals surface area contributed by atoms with Crippen LogP contribution < -0.4 is 10.1 Å². The number of carbonyl (C=O) groups excluding carboxylic acids is 1. The average molecular weight is 488 g/mol.